The molecule has 1 heterocycles. The van der Waals surface area contributed by atoms with Crippen LogP contribution < -0.4 is 5.73 Å². The van der Waals surface area contributed by atoms with Gasteiger partial charge in [-0.1, -0.05) is 266 Å². The molecule has 0 fully saturated rings. The second kappa shape index (κ2) is 24.2. The SMILES string of the molecule is CCCCCCCCC1(CCCCCCCC)c2cc(/C=C/C=C(\N)c3cc(Cl)c(/C(C)=C/C=C(\C)C(C)(C)C)c4nc(-c5ccccc5)c(C5=CCC(C)C=C5)nc34)ccc2-c2ccc(C(C)(C)C)cc21. The molecule has 380 valence electrons. The van der Waals surface area contributed by atoms with Crippen LogP contribution >= 0.6 is 11.6 Å². The molecule has 0 saturated heterocycles. The molecule has 4 aromatic carbocycles. The molecule has 0 amide bonds. The molecule has 0 bridgehead atoms. The first-order valence-electron chi connectivity index (χ1n) is 27.8. The van der Waals surface area contributed by atoms with Gasteiger partial charge in [0.05, 0.1) is 27.4 Å². The Morgan fingerprint density at radius 3 is 1.93 bits per heavy atom. The van der Waals surface area contributed by atoms with Crippen LogP contribution in [0.2, 0.25) is 5.02 Å². The fraction of sp³-hybridized carbons (Fsp3) is 0.441. The highest BCUT2D eigenvalue weighted by molar-refractivity contribution is 6.34. The third kappa shape index (κ3) is 12.7. The molecule has 0 radical (unpaired) electrons. The Hall–Kier alpha value is -5.25. The maximum atomic E-state index is 7.42. The summed E-state index contributed by atoms with van der Waals surface area (Å²) in [4.78, 5) is 11.1. The van der Waals surface area contributed by atoms with E-state index in [2.05, 4.69) is 179 Å². The number of nitrogens with zero attached hydrogens (tertiary/aromatic N) is 2. The summed E-state index contributed by atoms with van der Waals surface area (Å²) in [7, 11) is 0. The second-order valence-electron chi connectivity index (χ2n) is 23.4. The van der Waals surface area contributed by atoms with Crippen LogP contribution in [0.1, 0.15) is 212 Å². The van der Waals surface area contributed by atoms with Gasteiger partial charge in [0.25, 0.3) is 0 Å². The van der Waals surface area contributed by atoms with Gasteiger partial charge in [0.15, 0.2) is 0 Å². The number of nitrogens with two attached hydrogens (primary N) is 1. The molecule has 0 aliphatic heterocycles. The minimum absolute atomic E-state index is 0.0125. The lowest BCUT2D eigenvalue weighted by atomic mass is 9.69. The minimum atomic E-state index is -0.0125. The van der Waals surface area contributed by atoms with Crippen molar-refractivity contribution < 1.29 is 0 Å². The van der Waals surface area contributed by atoms with Gasteiger partial charge in [0, 0.05) is 27.8 Å². The number of hydrogen-bond donors (Lipinski definition) is 1. The number of allylic oxidation sites excluding steroid dienone is 10. The smallest absolute Gasteiger partial charge is 0.0995 e. The molecule has 3 nitrogen and oxygen atoms in total. The highest BCUT2D eigenvalue weighted by atomic mass is 35.5. The minimum Gasteiger partial charge on any atom is -0.398 e. The lowest BCUT2D eigenvalue weighted by Crippen LogP contribution is -2.26. The lowest BCUT2D eigenvalue weighted by Gasteiger charge is -2.34. The molecular weight excluding hydrogens is 894 g/mol. The Balaban J connectivity index is 1.33. The summed E-state index contributed by atoms with van der Waals surface area (Å²) in [5, 5.41) is 0.597. The average Bonchev–Trinajstić information content (AvgIpc) is 3.62. The van der Waals surface area contributed by atoms with E-state index in [0.29, 0.717) is 16.6 Å². The molecule has 5 aromatic rings. The first kappa shape index (κ1) is 54.5. The van der Waals surface area contributed by atoms with Crippen molar-refractivity contribution >= 4 is 45.6 Å². The quantitative estimate of drug-likeness (QED) is 0.0589. The van der Waals surface area contributed by atoms with Crippen molar-refractivity contribution in [1.82, 2.24) is 9.97 Å². The van der Waals surface area contributed by atoms with Crippen molar-refractivity contribution in [3.63, 3.8) is 0 Å². The van der Waals surface area contributed by atoms with Crippen molar-refractivity contribution in [3.05, 3.63) is 165 Å². The van der Waals surface area contributed by atoms with Crippen LogP contribution in [0, 0.1) is 11.3 Å². The lowest BCUT2D eigenvalue weighted by molar-refractivity contribution is 0.397. The molecule has 2 aliphatic rings. The van der Waals surface area contributed by atoms with Crippen LogP contribution in [0.5, 0.6) is 0 Å². The first-order chi connectivity index (χ1) is 34.5. The van der Waals surface area contributed by atoms with Crippen LogP contribution in [0.15, 0.2) is 121 Å². The number of benzene rings is 4. The highest BCUT2D eigenvalue weighted by Crippen LogP contribution is 2.55. The van der Waals surface area contributed by atoms with Crippen molar-refractivity contribution in [1.29, 1.82) is 0 Å². The molecule has 1 atom stereocenters. The van der Waals surface area contributed by atoms with Gasteiger partial charge < -0.3 is 5.73 Å². The van der Waals surface area contributed by atoms with Gasteiger partial charge in [-0.2, -0.15) is 0 Å². The van der Waals surface area contributed by atoms with Gasteiger partial charge in [0.2, 0.25) is 0 Å². The fourth-order valence-corrected chi connectivity index (χ4v) is 11.1. The van der Waals surface area contributed by atoms with E-state index in [9.17, 15) is 0 Å². The van der Waals surface area contributed by atoms with Gasteiger partial charge in [-0.15, -0.1) is 0 Å². The van der Waals surface area contributed by atoms with Crippen molar-refractivity contribution in [2.75, 3.05) is 0 Å². The predicted octanol–water partition coefficient (Wildman–Crippen LogP) is 20.4. The summed E-state index contributed by atoms with van der Waals surface area (Å²) in [6.07, 6.45) is 36.4. The van der Waals surface area contributed by atoms with E-state index in [4.69, 9.17) is 27.3 Å². The van der Waals surface area contributed by atoms with Crippen LogP contribution in [0.3, 0.4) is 0 Å². The van der Waals surface area contributed by atoms with E-state index in [1.807, 2.05) is 18.2 Å². The van der Waals surface area contributed by atoms with E-state index >= 15 is 0 Å². The molecular formula is C68H86ClN3. The summed E-state index contributed by atoms with van der Waals surface area (Å²) >= 11 is 7.42. The maximum Gasteiger partial charge on any atom is 0.0995 e. The number of aromatic nitrogens is 2. The zero-order valence-electron chi connectivity index (χ0n) is 46.1. The number of rotatable bonds is 21. The molecule has 1 aromatic heterocycles. The van der Waals surface area contributed by atoms with E-state index in [1.54, 1.807) is 5.56 Å². The topological polar surface area (TPSA) is 51.8 Å². The Bertz CT molecular complexity index is 2850. The normalized spacial score (nSPS) is 16.2. The monoisotopic (exact) mass is 980 g/mol. The molecule has 7 rings (SSSR count). The molecule has 4 heteroatoms. The second-order valence-corrected chi connectivity index (χ2v) is 23.8. The van der Waals surface area contributed by atoms with E-state index in [0.717, 1.165) is 56.7 Å². The van der Waals surface area contributed by atoms with Crippen molar-refractivity contribution in [2.24, 2.45) is 17.1 Å². The summed E-state index contributed by atoms with van der Waals surface area (Å²) in [6.45, 7) is 25.0. The van der Waals surface area contributed by atoms with E-state index in [1.165, 1.54) is 123 Å². The maximum absolute atomic E-state index is 7.42. The fourth-order valence-electron chi connectivity index (χ4n) is 10.8. The molecule has 2 N–H and O–H groups in total. The van der Waals surface area contributed by atoms with Crippen LogP contribution in [0.4, 0.5) is 0 Å². The van der Waals surface area contributed by atoms with Crippen LogP contribution in [-0.4, -0.2) is 9.97 Å². The Morgan fingerprint density at radius 1 is 0.708 bits per heavy atom. The number of halogens is 1. The molecule has 0 saturated carbocycles. The zero-order valence-corrected chi connectivity index (χ0v) is 46.8. The Kier molecular flexibility index (Phi) is 18.3. The molecule has 0 spiro atoms. The molecule has 1 unspecified atom stereocenters. The third-order valence-corrected chi connectivity index (χ3v) is 16.0. The Labute approximate surface area is 441 Å². The van der Waals surface area contributed by atoms with Crippen molar-refractivity contribution in [3.8, 4) is 22.4 Å². The summed E-state index contributed by atoms with van der Waals surface area (Å²) in [6, 6.07) is 27.1. The van der Waals surface area contributed by atoms with Gasteiger partial charge in [0.1, 0.15) is 0 Å². The summed E-state index contributed by atoms with van der Waals surface area (Å²) in [5.41, 5.74) is 25.6. The van der Waals surface area contributed by atoms with Gasteiger partial charge >= 0.3 is 0 Å². The Morgan fingerprint density at radius 2 is 1.32 bits per heavy atom. The van der Waals surface area contributed by atoms with Gasteiger partial charge in [-0.05, 0) is 107 Å². The third-order valence-electron chi connectivity index (χ3n) is 15.7. The predicted molar refractivity (Wildman–Crippen MR) is 316 cm³/mol. The van der Waals surface area contributed by atoms with Crippen LogP contribution in [-0.2, 0) is 10.8 Å². The summed E-state index contributed by atoms with van der Waals surface area (Å²) in [5.74, 6) is 0.463. The number of hydrogen-bond acceptors (Lipinski definition) is 3. The average molecular weight is 981 g/mol. The largest absolute Gasteiger partial charge is 0.398 e. The van der Waals surface area contributed by atoms with Crippen LogP contribution in [0.25, 0.3) is 56.3 Å². The zero-order chi connectivity index (χ0) is 51.6. The molecule has 72 heavy (non-hydrogen) atoms. The highest BCUT2D eigenvalue weighted by Gasteiger charge is 2.43. The van der Waals surface area contributed by atoms with Crippen molar-refractivity contribution in [2.45, 2.75) is 183 Å². The van der Waals surface area contributed by atoms with Gasteiger partial charge in [-0.25, -0.2) is 9.97 Å². The summed E-state index contributed by atoms with van der Waals surface area (Å²) < 4.78 is 0. The van der Waals surface area contributed by atoms with E-state index in [-0.39, 0.29) is 16.2 Å². The van der Waals surface area contributed by atoms with E-state index < -0.39 is 0 Å². The first-order valence-corrected chi connectivity index (χ1v) is 28.1. The standard InChI is InChI=1S/C68H86ClN3/c1-12-14-16-18-20-25-42-68(43-26-21-19-17-15-13-2)57-44-50(36-40-54(57)55-41-39-53(45-58(55)68)67(9,10)11)28-27-31-60(70)56-46-59(69)61(48(4)34-35-49(5)66(6,7)8)65-64(56)71-63(52-37-32-47(3)33-38-52)62(72-65)51-29-23-22-24-30-51/h22-24,27-32,34-41,44-47H,12-21,25-26,33,42-43,70H2,1-11H3/b28-27+,48-34+,49-35+,60-31-. The number of fused-ring (bicyclic) bond motifs is 4. The molecule has 2 aliphatic carbocycles. The number of unbranched alkanes of at least 4 members (excludes halogenated alkanes) is 10. The van der Waals surface area contributed by atoms with Gasteiger partial charge in [-0.3, -0.25) is 0 Å².